The molecule has 0 radical (unpaired) electrons. The van der Waals surface area contributed by atoms with Gasteiger partial charge in [-0.3, -0.25) is 0 Å². The minimum atomic E-state index is 0. The van der Waals surface area contributed by atoms with Crippen LogP contribution < -0.4 is 5.30 Å². The second kappa shape index (κ2) is 17.3. The van der Waals surface area contributed by atoms with Crippen LogP contribution in [0.5, 0.6) is 0 Å². The van der Waals surface area contributed by atoms with Crippen LogP contribution in [0.15, 0.2) is 48.5 Å². The zero-order valence-corrected chi connectivity index (χ0v) is 27.8. The Morgan fingerprint density at radius 1 is 0.615 bits per heavy atom. The molecule has 2 aromatic carbocycles. The Kier molecular flexibility index (Phi) is 14.2. The molecule has 0 heterocycles. The average molecular weight is 607 g/mol. The molecular formula is C36H56FeP2. The molecule has 4 fully saturated rings. The fraction of sp³-hybridized carbons (Fsp3) is 0.722. The molecule has 0 bridgehead atoms. The SMILES string of the molecule is CC([c-]1cccc1P(C1CCCCC1)C1CCCCC1)P(C1CCCCC1)C1CCCCC1.[Fe+2].c1cc[cH-]c1. The van der Waals surface area contributed by atoms with Crippen LogP contribution in [0.1, 0.15) is 147 Å². The van der Waals surface area contributed by atoms with Gasteiger partial charge in [-0.1, -0.05) is 91.9 Å². The van der Waals surface area contributed by atoms with Gasteiger partial charge in [-0.05, 0) is 79.7 Å². The van der Waals surface area contributed by atoms with E-state index in [1.807, 2.05) is 41.2 Å². The first-order valence-electron chi connectivity index (χ1n) is 16.8. The minimum absolute atomic E-state index is 0. The maximum atomic E-state index is 2.73. The van der Waals surface area contributed by atoms with Gasteiger partial charge in [0.2, 0.25) is 0 Å². The third-order valence-electron chi connectivity index (χ3n) is 10.5. The van der Waals surface area contributed by atoms with Crippen LogP contribution in [0.4, 0.5) is 0 Å². The molecule has 4 aliphatic rings. The van der Waals surface area contributed by atoms with Gasteiger partial charge in [-0.2, -0.15) is 24.3 Å². The van der Waals surface area contributed by atoms with Gasteiger partial charge in [0.25, 0.3) is 0 Å². The third kappa shape index (κ3) is 8.79. The van der Waals surface area contributed by atoms with Gasteiger partial charge in [0.05, 0.1) is 0 Å². The normalized spacial score (nSPS) is 23.3. The van der Waals surface area contributed by atoms with E-state index in [1.54, 1.807) is 51.4 Å². The van der Waals surface area contributed by atoms with Crippen molar-refractivity contribution in [1.29, 1.82) is 0 Å². The van der Waals surface area contributed by atoms with E-state index in [-0.39, 0.29) is 32.9 Å². The molecule has 0 amide bonds. The molecule has 0 saturated heterocycles. The van der Waals surface area contributed by atoms with E-state index in [0.29, 0.717) is 0 Å². The van der Waals surface area contributed by atoms with Gasteiger partial charge >= 0.3 is 17.1 Å². The molecule has 1 atom stereocenters. The van der Waals surface area contributed by atoms with Crippen molar-refractivity contribution >= 4 is 21.1 Å². The molecule has 218 valence electrons. The van der Waals surface area contributed by atoms with Crippen LogP contribution in [-0.2, 0) is 17.1 Å². The zero-order chi connectivity index (χ0) is 26.0. The van der Waals surface area contributed by atoms with E-state index in [9.17, 15) is 0 Å². The van der Waals surface area contributed by atoms with Gasteiger partial charge in [0, 0.05) is 0 Å². The standard InChI is InChI=1S/C31H51P2.C5H5.Fe/c1-25(32(26-15-6-2-7-16-26)27-17-8-3-9-18-27)30-23-14-24-31(30)33(28-19-10-4-11-20-28)29-21-12-5-13-22-29;1-2-4-5-3-1;/h14,23-29H,2-13,15-22H2,1H3;1-5H;/q2*-1;+2. The maximum Gasteiger partial charge on any atom is 2.00 e. The molecule has 0 nitrogen and oxygen atoms in total. The molecule has 6 rings (SSSR count). The van der Waals surface area contributed by atoms with E-state index in [1.165, 1.54) is 77.0 Å². The van der Waals surface area contributed by atoms with Crippen molar-refractivity contribution in [3.8, 4) is 0 Å². The summed E-state index contributed by atoms with van der Waals surface area (Å²) >= 11 is 0. The molecule has 0 aromatic heterocycles. The molecule has 3 heteroatoms. The summed E-state index contributed by atoms with van der Waals surface area (Å²) < 4.78 is 0. The number of hydrogen-bond donors (Lipinski definition) is 0. The molecule has 0 spiro atoms. The van der Waals surface area contributed by atoms with E-state index in [0.717, 1.165) is 28.3 Å². The van der Waals surface area contributed by atoms with Crippen LogP contribution in [0.2, 0.25) is 0 Å². The molecule has 4 aliphatic carbocycles. The smallest absolute Gasteiger partial charge is 0.214 e. The monoisotopic (exact) mass is 606 g/mol. The van der Waals surface area contributed by atoms with Gasteiger partial charge < -0.3 is 0 Å². The van der Waals surface area contributed by atoms with E-state index in [2.05, 4.69) is 25.1 Å². The first-order chi connectivity index (χ1) is 18.8. The van der Waals surface area contributed by atoms with Crippen molar-refractivity contribution in [3.05, 3.63) is 54.1 Å². The van der Waals surface area contributed by atoms with Crippen LogP contribution in [0.3, 0.4) is 0 Å². The van der Waals surface area contributed by atoms with Crippen molar-refractivity contribution in [1.82, 2.24) is 0 Å². The summed E-state index contributed by atoms with van der Waals surface area (Å²) in [5.41, 5.74) is 6.96. The maximum absolute atomic E-state index is 2.73. The Bertz CT molecular complexity index is 811. The average Bonchev–Trinajstić information content (AvgIpc) is 3.72. The topological polar surface area (TPSA) is 0 Å². The Balaban J connectivity index is 0.000000530. The van der Waals surface area contributed by atoms with Crippen molar-refractivity contribution < 1.29 is 17.1 Å². The third-order valence-corrected chi connectivity index (χ3v) is 17.9. The van der Waals surface area contributed by atoms with Crippen molar-refractivity contribution in [3.63, 3.8) is 0 Å². The second-order valence-electron chi connectivity index (χ2n) is 13.0. The molecule has 2 aromatic rings. The second-order valence-corrected chi connectivity index (χ2v) is 18.9. The first kappa shape index (κ1) is 32.0. The molecule has 1 unspecified atom stereocenters. The molecule has 39 heavy (non-hydrogen) atoms. The van der Waals surface area contributed by atoms with Crippen LogP contribution in [-0.4, -0.2) is 22.6 Å². The van der Waals surface area contributed by atoms with Crippen LogP contribution in [0.25, 0.3) is 0 Å². The summed E-state index contributed by atoms with van der Waals surface area (Å²) in [6.45, 7) is 2.73. The number of hydrogen-bond acceptors (Lipinski definition) is 0. The van der Waals surface area contributed by atoms with Crippen LogP contribution >= 0.6 is 15.8 Å². The van der Waals surface area contributed by atoms with Gasteiger partial charge in [-0.15, -0.1) is 18.8 Å². The van der Waals surface area contributed by atoms with Gasteiger partial charge in [-0.25, -0.2) is 24.3 Å². The van der Waals surface area contributed by atoms with Crippen molar-refractivity contribution in [2.45, 2.75) is 164 Å². The Morgan fingerprint density at radius 2 is 1.03 bits per heavy atom. The summed E-state index contributed by atoms with van der Waals surface area (Å²) in [5.74, 6) is 0. The number of rotatable bonds is 7. The van der Waals surface area contributed by atoms with E-state index >= 15 is 0 Å². The summed E-state index contributed by atoms with van der Waals surface area (Å²) in [4.78, 5) is 0. The van der Waals surface area contributed by atoms with E-state index in [4.69, 9.17) is 0 Å². The van der Waals surface area contributed by atoms with Crippen LogP contribution in [0, 0.1) is 0 Å². The fourth-order valence-electron chi connectivity index (χ4n) is 8.59. The Hall–Kier alpha value is 0.0795. The molecule has 4 saturated carbocycles. The van der Waals surface area contributed by atoms with Crippen molar-refractivity contribution in [2.24, 2.45) is 0 Å². The molecular weight excluding hydrogens is 550 g/mol. The predicted molar refractivity (Wildman–Crippen MR) is 173 cm³/mol. The Labute approximate surface area is 255 Å². The largest absolute Gasteiger partial charge is 2.00 e. The molecule has 0 aliphatic heterocycles. The Morgan fingerprint density at radius 3 is 1.41 bits per heavy atom. The zero-order valence-electron chi connectivity index (χ0n) is 24.9. The fourth-order valence-corrected chi connectivity index (χ4v) is 17.1. The predicted octanol–water partition coefficient (Wildman–Crippen LogP) is 11.8. The minimum Gasteiger partial charge on any atom is -0.214 e. The summed E-state index contributed by atoms with van der Waals surface area (Å²) in [6, 6.07) is 17.8. The quantitative estimate of drug-likeness (QED) is 0.167. The summed E-state index contributed by atoms with van der Waals surface area (Å²) in [7, 11) is 0.168. The van der Waals surface area contributed by atoms with Gasteiger partial charge in [0.15, 0.2) is 0 Å². The summed E-state index contributed by atoms with van der Waals surface area (Å²) in [5, 5.41) is 1.93. The van der Waals surface area contributed by atoms with E-state index < -0.39 is 0 Å². The van der Waals surface area contributed by atoms with Gasteiger partial charge in [0.1, 0.15) is 0 Å². The summed E-state index contributed by atoms with van der Waals surface area (Å²) in [6.07, 6.45) is 30.6. The molecule has 0 N–H and O–H groups in total. The first-order valence-corrected chi connectivity index (χ1v) is 19.8. The van der Waals surface area contributed by atoms with Crippen molar-refractivity contribution in [2.75, 3.05) is 0 Å².